The van der Waals surface area contributed by atoms with Crippen molar-refractivity contribution in [1.29, 1.82) is 0 Å². The van der Waals surface area contributed by atoms with Crippen LogP contribution in [0.3, 0.4) is 0 Å². The summed E-state index contributed by atoms with van der Waals surface area (Å²) in [5.74, 6) is 4.14. The van der Waals surface area contributed by atoms with Gasteiger partial charge in [0.15, 0.2) is 6.61 Å². The summed E-state index contributed by atoms with van der Waals surface area (Å²) in [6, 6.07) is 0. The molecule has 0 fully saturated rings. The first-order valence-corrected chi connectivity index (χ1v) is 3.86. The van der Waals surface area contributed by atoms with Crippen molar-refractivity contribution in [2.45, 2.75) is 13.3 Å². The molecule has 0 saturated heterocycles. The van der Waals surface area contributed by atoms with Gasteiger partial charge in [0.25, 0.3) is 0 Å². The molecule has 12 heavy (non-hydrogen) atoms. The van der Waals surface area contributed by atoms with Gasteiger partial charge in [-0.05, 0) is 0 Å². The quantitative estimate of drug-likeness (QED) is 0.623. The maximum absolute atomic E-state index is 5.23. The Labute approximate surface area is 72.4 Å². The lowest BCUT2D eigenvalue weighted by Gasteiger charge is -2.03. The number of imidazole rings is 1. The van der Waals surface area contributed by atoms with Gasteiger partial charge in [-0.25, -0.2) is 4.98 Å². The van der Waals surface area contributed by atoms with E-state index in [1.54, 1.807) is 6.20 Å². The van der Waals surface area contributed by atoms with E-state index in [0.29, 0.717) is 6.61 Å². The highest BCUT2D eigenvalue weighted by Crippen LogP contribution is 2.11. The lowest BCUT2D eigenvalue weighted by molar-refractivity contribution is 0.341. The second kappa shape index (κ2) is 3.82. The number of hydrogen-bond acceptors (Lipinski definition) is 2. The Bertz CT molecular complexity index is 296. The van der Waals surface area contributed by atoms with Gasteiger partial charge in [-0.2, -0.15) is 0 Å². The minimum atomic E-state index is 0.294. The Morgan fingerprint density at radius 2 is 2.50 bits per heavy atom. The van der Waals surface area contributed by atoms with Crippen LogP contribution in [0.25, 0.3) is 0 Å². The molecule has 0 amide bonds. The Balaban J connectivity index is 2.74. The SMILES string of the molecule is C#CCOc1cnc(CC)n1C. The number of aromatic nitrogens is 2. The van der Waals surface area contributed by atoms with Crippen LogP contribution in [0.1, 0.15) is 12.7 Å². The van der Waals surface area contributed by atoms with Crippen LogP contribution in [0.15, 0.2) is 6.20 Å². The first-order chi connectivity index (χ1) is 5.79. The van der Waals surface area contributed by atoms with E-state index in [1.807, 2.05) is 18.5 Å². The molecular formula is C9H12N2O. The van der Waals surface area contributed by atoms with Crippen molar-refractivity contribution in [1.82, 2.24) is 9.55 Å². The number of terminal acetylenes is 1. The van der Waals surface area contributed by atoms with E-state index in [0.717, 1.165) is 18.1 Å². The predicted molar refractivity (Wildman–Crippen MR) is 46.9 cm³/mol. The van der Waals surface area contributed by atoms with Gasteiger partial charge >= 0.3 is 0 Å². The minimum Gasteiger partial charge on any atom is -0.465 e. The van der Waals surface area contributed by atoms with Crippen molar-refractivity contribution in [3.8, 4) is 18.2 Å². The lowest BCUT2D eigenvalue weighted by atomic mass is 10.5. The maximum atomic E-state index is 5.23. The van der Waals surface area contributed by atoms with Crippen molar-refractivity contribution < 1.29 is 4.74 Å². The van der Waals surface area contributed by atoms with Crippen LogP contribution in [-0.4, -0.2) is 16.2 Å². The molecule has 0 unspecified atom stereocenters. The highest BCUT2D eigenvalue weighted by molar-refractivity contribution is 5.11. The first kappa shape index (κ1) is 8.66. The summed E-state index contributed by atoms with van der Waals surface area (Å²) in [5.41, 5.74) is 0. The van der Waals surface area contributed by atoms with Gasteiger partial charge in [-0.15, -0.1) is 6.42 Å². The Morgan fingerprint density at radius 1 is 1.75 bits per heavy atom. The molecule has 0 radical (unpaired) electrons. The second-order valence-corrected chi connectivity index (χ2v) is 2.42. The van der Waals surface area contributed by atoms with Gasteiger partial charge in [0.2, 0.25) is 5.88 Å². The maximum Gasteiger partial charge on any atom is 0.214 e. The number of hydrogen-bond donors (Lipinski definition) is 0. The molecule has 0 N–H and O–H groups in total. The van der Waals surface area contributed by atoms with Gasteiger partial charge in [-0.3, -0.25) is 0 Å². The fourth-order valence-electron chi connectivity index (χ4n) is 1.01. The smallest absolute Gasteiger partial charge is 0.214 e. The summed E-state index contributed by atoms with van der Waals surface area (Å²) in [5, 5.41) is 0. The van der Waals surface area contributed by atoms with Gasteiger partial charge in [0, 0.05) is 13.5 Å². The molecule has 0 aliphatic rings. The van der Waals surface area contributed by atoms with Gasteiger partial charge < -0.3 is 9.30 Å². The fraction of sp³-hybridized carbons (Fsp3) is 0.444. The molecule has 1 aromatic rings. The standard InChI is InChI=1S/C9H12N2O/c1-4-6-12-9-7-10-8(5-2)11(9)3/h1,7H,5-6H2,2-3H3. The Morgan fingerprint density at radius 3 is 3.00 bits per heavy atom. The monoisotopic (exact) mass is 164 g/mol. The zero-order valence-electron chi connectivity index (χ0n) is 7.37. The summed E-state index contributed by atoms with van der Waals surface area (Å²) in [7, 11) is 1.91. The van der Waals surface area contributed by atoms with E-state index >= 15 is 0 Å². The van der Waals surface area contributed by atoms with E-state index in [-0.39, 0.29) is 0 Å². The van der Waals surface area contributed by atoms with Crippen LogP contribution in [0, 0.1) is 12.3 Å². The molecule has 0 bridgehead atoms. The van der Waals surface area contributed by atoms with Crippen LogP contribution in [0.2, 0.25) is 0 Å². The zero-order valence-corrected chi connectivity index (χ0v) is 7.37. The highest BCUT2D eigenvalue weighted by Gasteiger charge is 2.03. The molecule has 1 aromatic heterocycles. The zero-order chi connectivity index (χ0) is 8.97. The van der Waals surface area contributed by atoms with Crippen molar-refractivity contribution >= 4 is 0 Å². The average molecular weight is 164 g/mol. The molecule has 3 nitrogen and oxygen atoms in total. The molecule has 0 aromatic carbocycles. The molecular weight excluding hydrogens is 152 g/mol. The van der Waals surface area contributed by atoms with E-state index in [1.165, 1.54) is 0 Å². The number of nitrogens with zero attached hydrogens (tertiary/aromatic N) is 2. The molecule has 1 heterocycles. The topological polar surface area (TPSA) is 27.1 Å². The Kier molecular flexibility index (Phi) is 2.76. The number of aryl methyl sites for hydroxylation is 1. The van der Waals surface area contributed by atoms with Gasteiger partial charge in [0.1, 0.15) is 5.82 Å². The lowest BCUT2D eigenvalue weighted by Crippen LogP contribution is -2.01. The first-order valence-electron chi connectivity index (χ1n) is 3.86. The van der Waals surface area contributed by atoms with Gasteiger partial charge in [-0.1, -0.05) is 12.8 Å². The highest BCUT2D eigenvalue weighted by atomic mass is 16.5. The second-order valence-electron chi connectivity index (χ2n) is 2.42. The Hall–Kier alpha value is -1.43. The van der Waals surface area contributed by atoms with Crippen molar-refractivity contribution in [2.24, 2.45) is 7.05 Å². The molecule has 64 valence electrons. The van der Waals surface area contributed by atoms with Crippen LogP contribution < -0.4 is 4.74 Å². The fourth-order valence-corrected chi connectivity index (χ4v) is 1.01. The van der Waals surface area contributed by atoms with Crippen LogP contribution in [-0.2, 0) is 13.5 Å². The minimum absolute atomic E-state index is 0.294. The van der Waals surface area contributed by atoms with E-state index in [9.17, 15) is 0 Å². The molecule has 0 aliphatic carbocycles. The van der Waals surface area contributed by atoms with Crippen LogP contribution in [0.5, 0.6) is 5.88 Å². The summed E-state index contributed by atoms with van der Waals surface area (Å²) >= 11 is 0. The largest absolute Gasteiger partial charge is 0.465 e. The van der Waals surface area contributed by atoms with E-state index in [2.05, 4.69) is 10.9 Å². The van der Waals surface area contributed by atoms with Crippen LogP contribution >= 0.6 is 0 Å². The van der Waals surface area contributed by atoms with Gasteiger partial charge in [0.05, 0.1) is 6.20 Å². The summed E-state index contributed by atoms with van der Waals surface area (Å²) in [4.78, 5) is 4.16. The van der Waals surface area contributed by atoms with Crippen molar-refractivity contribution in [3.63, 3.8) is 0 Å². The average Bonchev–Trinajstić information content (AvgIpc) is 2.43. The molecule has 3 heteroatoms. The molecule has 1 rings (SSSR count). The third kappa shape index (κ3) is 1.59. The van der Waals surface area contributed by atoms with E-state index < -0.39 is 0 Å². The summed E-state index contributed by atoms with van der Waals surface area (Å²) in [6.45, 7) is 2.34. The molecule has 0 spiro atoms. The normalized spacial score (nSPS) is 9.42. The van der Waals surface area contributed by atoms with Crippen LogP contribution in [0.4, 0.5) is 0 Å². The van der Waals surface area contributed by atoms with Crippen molar-refractivity contribution in [2.75, 3.05) is 6.61 Å². The molecule has 0 saturated carbocycles. The number of ether oxygens (including phenoxy) is 1. The van der Waals surface area contributed by atoms with E-state index in [4.69, 9.17) is 11.2 Å². The summed E-state index contributed by atoms with van der Waals surface area (Å²) < 4.78 is 7.13. The number of rotatable bonds is 3. The predicted octanol–water partition coefficient (Wildman–Crippen LogP) is 0.994. The third-order valence-electron chi connectivity index (χ3n) is 1.66. The molecule has 0 aliphatic heterocycles. The summed E-state index contributed by atoms with van der Waals surface area (Å²) in [6.07, 6.45) is 7.65. The third-order valence-corrected chi connectivity index (χ3v) is 1.66. The molecule has 0 atom stereocenters. The van der Waals surface area contributed by atoms with Crippen molar-refractivity contribution in [3.05, 3.63) is 12.0 Å².